The van der Waals surface area contributed by atoms with Crippen molar-refractivity contribution in [2.45, 2.75) is 11.8 Å². The van der Waals surface area contributed by atoms with E-state index in [-0.39, 0.29) is 16.8 Å². The van der Waals surface area contributed by atoms with Gasteiger partial charge in [0.05, 0.1) is 6.61 Å². The summed E-state index contributed by atoms with van der Waals surface area (Å²) in [6.45, 7) is 4.00. The molecule has 0 bridgehead atoms. The summed E-state index contributed by atoms with van der Waals surface area (Å²) < 4.78 is 5.19. The van der Waals surface area contributed by atoms with Crippen molar-refractivity contribution in [1.29, 1.82) is 0 Å². The zero-order valence-electron chi connectivity index (χ0n) is 14.8. The number of ether oxygens (including phenoxy) is 1. The fourth-order valence-corrected chi connectivity index (χ4v) is 4.22. The summed E-state index contributed by atoms with van der Waals surface area (Å²) >= 11 is 0. The molecule has 1 aromatic carbocycles. The summed E-state index contributed by atoms with van der Waals surface area (Å²) in [5, 5.41) is 9.22. The number of carboxylic acids is 1. The van der Waals surface area contributed by atoms with Gasteiger partial charge < -0.3 is 15.6 Å². The van der Waals surface area contributed by atoms with E-state index in [1.165, 1.54) is 12.0 Å². The molecular weight excluding hydrogens is 330 g/mol. The van der Waals surface area contributed by atoms with Crippen LogP contribution in [0.25, 0.3) is 11.1 Å². The Hall–Kier alpha value is -2.44. The molecule has 3 N–H and O–H groups in total. The Kier molecular flexibility index (Phi) is 4.17. The highest BCUT2D eigenvalue weighted by Gasteiger charge is 2.60. The van der Waals surface area contributed by atoms with Crippen molar-refractivity contribution >= 4 is 11.8 Å². The van der Waals surface area contributed by atoms with E-state index < -0.39 is 5.97 Å². The van der Waals surface area contributed by atoms with Gasteiger partial charge in [-0.05, 0) is 29.5 Å². The number of carboxylic acid groups (broad SMARTS) is 1. The molecule has 26 heavy (non-hydrogen) atoms. The normalized spacial score (nSPS) is 24.4. The summed E-state index contributed by atoms with van der Waals surface area (Å²) in [7, 11) is 1.74. The zero-order chi connectivity index (χ0) is 18.3. The summed E-state index contributed by atoms with van der Waals surface area (Å²) in [4.78, 5) is 17.7. The number of aromatic carboxylic acids is 1. The van der Waals surface area contributed by atoms with Gasteiger partial charge in [-0.3, -0.25) is 4.90 Å². The van der Waals surface area contributed by atoms with Crippen LogP contribution < -0.4 is 5.73 Å². The Labute approximate surface area is 152 Å². The molecule has 1 aliphatic carbocycles. The number of nitrogens with two attached hydrogens (primary N) is 1. The number of anilines is 1. The number of pyridine rings is 1. The fraction of sp³-hybridized carbons (Fsp3) is 0.400. The number of rotatable bonds is 6. The lowest BCUT2D eigenvalue weighted by Gasteiger charge is -2.20. The second-order valence-electron chi connectivity index (χ2n) is 7.32. The molecule has 2 fully saturated rings. The van der Waals surface area contributed by atoms with Gasteiger partial charge in [0.2, 0.25) is 0 Å². The monoisotopic (exact) mass is 353 g/mol. The van der Waals surface area contributed by atoms with Crippen molar-refractivity contribution in [1.82, 2.24) is 9.88 Å². The molecule has 6 nitrogen and oxygen atoms in total. The largest absolute Gasteiger partial charge is 0.478 e. The van der Waals surface area contributed by atoms with Gasteiger partial charge in [-0.25, -0.2) is 9.78 Å². The van der Waals surface area contributed by atoms with Gasteiger partial charge in [0.15, 0.2) is 0 Å². The third kappa shape index (κ3) is 2.85. The molecule has 2 aliphatic rings. The van der Waals surface area contributed by atoms with Crippen molar-refractivity contribution in [3.63, 3.8) is 0 Å². The number of aromatic nitrogens is 1. The standard InChI is InChI=1S/C20H23N3O3/c1-26-7-6-23-11-16-9-20(16,12-23)15-4-2-13(3-5-15)14-8-17(19(24)25)18(21)22-10-14/h2-5,8,10,16H,6-7,9,11-12H2,1H3,(H2,21,22)(H,24,25)/t16-,20+/m0/s1. The average Bonchev–Trinajstić information content (AvgIpc) is 3.22. The number of hydrogen-bond acceptors (Lipinski definition) is 5. The van der Waals surface area contributed by atoms with Crippen LogP contribution in [0.1, 0.15) is 22.3 Å². The lowest BCUT2D eigenvalue weighted by Crippen LogP contribution is -2.29. The maximum absolute atomic E-state index is 11.3. The number of nitrogen functional groups attached to an aromatic ring is 1. The first kappa shape index (κ1) is 17.0. The van der Waals surface area contributed by atoms with Crippen LogP contribution in [0.3, 0.4) is 0 Å². The van der Waals surface area contributed by atoms with Crippen LogP contribution in [0, 0.1) is 5.92 Å². The van der Waals surface area contributed by atoms with Crippen LogP contribution in [0.4, 0.5) is 5.82 Å². The van der Waals surface area contributed by atoms with Crippen LogP contribution in [-0.4, -0.2) is 54.3 Å². The van der Waals surface area contributed by atoms with Crippen LogP contribution in [0.5, 0.6) is 0 Å². The molecule has 1 aromatic heterocycles. The van der Waals surface area contributed by atoms with Crippen molar-refractivity contribution in [2.24, 2.45) is 5.92 Å². The molecular formula is C20H23N3O3. The molecule has 1 saturated heterocycles. The SMILES string of the molecule is COCCN1C[C@@H]2C[C@]2(c2ccc(-c3cnc(N)c(C(=O)O)c3)cc2)C1. The minimum absolute atomic E-state index is 0.0389. The van der Waals surface area contributed by atoms with Gasteiger partial charge in [0, 0.05) is 43.9 Å². The highest BCUT2D eigenvalue weighted by Crippen LogP contribution is 2.59. The Morgan fingerprint density at radius 2 is 2.15 bits per heavy atom. The topological polar surface area (TPSA) is 88.7 Å². The highest BCUT2D eigenvalue weighted by atomic mass is 16.5. The molecule has 1 saturated carbocycles. The van der Waals surface area contributed by atoms with E-state index in [1.807, 2.05) is 0 Å². The minimum Gasteiger partial charge on any atom is -0.478 e. The number of piperidine rings is 1. The molecule has 0 unspecified atom stereocenters. The van der Waals surface area contributed by atoms with Crippen molar-refractivity contribution in [3.05, 3.63) is 47.7 Å². The third-order valence-corrected chi connectivity index (χ3v) is 5.77. The lowest BCUT2D eigenvalue weighted by atomic mass is 9.93. The Balaban J connectivity index is 1.54. The zero-order valence-corrected chi connectivity index (χ0v) is 14.8. The first-order chi connectivity index (χ1) is 12.5. The van der Waals surface area contributed by atoms with Gasteiger partial charge in [-0.15, -0.1) is 0 Å². The Morgan fingerprint density at radius 1 is 1.38 bits per heavy atom. The quantitative estimate of drug-likeness (QED) is 0.828. The number of likely N-dealkylation sites (tertiary alicyclic amines) is 1. The number of hydrogen-bond donors (Lipinski definition) is 2. The highest BCUT2D eigenvalue weighted by molar-refractivity contribution is 5.94. The van der Waals surface area contributed by atoms with Crippen LogP contribution in [-0.2, 0) is 10.2 Å². The second-order valence-corrected chi connectivity index (χ2v) is 7.32. The van der Waals surface area contributed by atoms with E-state index in [9.17, 15) is 9.90 Å². The first-order valence-corrected chi connectivity index (χ1v) is 8.84. The molecule has 6 heteroatoms. The van der Waals surface area contributed by atoms with Gasteiger partial charge >= 0.3 is 5.97 Å². The molecule has 0 spiro atoms. The van der Waals surface area contributed by atoms with E-state index in [4.69, 9.17) is 10.5 Å². The number of fused-ring (bicyclic) bond motifs is 1. The van der Waals surface area contributed by atoms with Crippen molar-refractivity contribution in [3.8, 4) is 11.1 Å². The smallest absolute Gasteiger partial charge is 0.339 e. The Bertz CT molecular complexity index is 837. The van der Waals surface area contributed by atoms with Crippen LogP contribution in [0.15, 0.2) is 36.5 Å². The number of methoxy groups -OCH3 is 1. The molecule has 136 valence electrons. The van der Waals surface area contributed by atoms with Gasteiger partial charge in [-0.2, -0.15) is 0 Å². The molecule has 1 aliphatic heterocycles. The molecule has 4 rings (SSSR count). The van der Waals surface area contributed by atoms with Gasteiger partial charge in [0.1, 0.15) is 11.4 Å². The summed E-state index contributed by atoms with van der Waals surface area (Å²) in [5.41, 5.74) is 9.05. The summed E-state index contributed by atoms with van der Waals surface area (Å²) in [6, 6.07) is 10.0. The first-order valence-electron chi connectivity index (χ1n) is 8.84. The third-order valence-electron chi connectivity index (χ3n) is 5.77. The lowest BCUT2D eigenvalue weighted by molar-refractivity contribution is 0.0697. The second kappa shape index (κ2) is 6.37. The van der Waals surface area contributed by atoms with Gasteiger partial charge in [-0.1, -0.05) is 24.3 Å². The van der Waals surface area contributed by atoms with E-state index in [2.05, 4.69) is 34.1 Å². The number of benzene rings is 1. The predicted octanol–water partition coefficient (Wildman–Crippen LogP) is 2.25. The van der Waals surface area contributed by atoms with E-state index >= 15 is 0 Å². The predicted molar refractivity (Wildman–Crippen MR) is 99.1 cm³/mol. The molecule has 2 atom stereocenters. The molecule has 2 aromatic rings. The Morgan fingerprint density at radius 3 is 2.85 bits per heavy atom. The molecule has 0 radical (unpaired) electrons. The van der Waals surface area contributed by atoms with Crippen molar-refractivity contribution < 1.29 is 14.6 Å². The van der Waals surface area contributed by atoms with Crippen molar-refractivity contribution in [2.75, 3.05) is 39.1 Å². The van der Waals surface area contributed by atoms with Crippen LogP contribution >= 0.6 is 0 Å². The fourth-order valence-electron chi connectivity index (χ4n) is 4.22. The maximum Gasteiger partial charge on any atom is 0.339 e. The molecule has 0 amide bonds. The average molecular weight is 353 g/mol. The number of carbonyl (C=O) groups is 1. The summed E-state index contributed by atoms with van der Waals surface area (Å²) in [6.07, 6.45) is 2.87. The van der Waals surface area contributed by atoms with E-state index in [1.54, 1.807) is 19.4 Å². The molecule has 2 heterocycles. The number of nitrogens with zero attached hydrogens (tertiary/aromatic N) is 2. The van der Waals surface area contributed by atoms with E-state index in [0.717, 1.165) is 43.3 Å². The maximum atomic E-state index is 11.3. The summed E-state index contributed by atoms with van der Waals surface area (Å²) in [5.74, 6) is -0.281. The van der Waals surface area contributed by atoms with Gasteiger partial charge in [0.25, 0.3) is 0 Å². The minimum atomic E-state index is -1.06. The van der Waals surface area contributed by atoms with Crippen LogP contribution in [0.2, 0.25) is 0 Å². The van der Waals surface area contributed by atoms with E-state index in [0.29, 0.717) is 0 Å².